The average molecular weight is 421 g/mol. The van der Waals surface area contributed by atoms with Gasteiger partial charge < -0.3 is 5.32 Å². The van der Waals surface area contributed by atoms with E-state index >= 15 is 0 Å². The number of likely N-dealkylation sites (tertiary alicyclic amines) is 1. The lowest BCUT2D eigenvalue weighted by Gasteiger charge is -2.33. The van der Waals surface area contributed by atoms with Gasteiger partial charge in [0.15, 0.2) is 0 Å². The van der Waals surface area contributed by atoms with Crippen LogP contribution in [0, 0.1) is 5.41 Å². The smallest absolute Gasteiger partial charge is 0.123 e. The van der Waals surface area contributed by atoms with E-state index in [4.69, 9.17) is 16.6 Å². The van der Waals surface area contributed by atoms with E-state index in [1.54, 1.807) is 11.3 Å². The Morgan fingerprint density at radius 1 is 1.12 bits per heavy atom. The standard InChI is InChI=1S/C18H22ClN3S.2ClH/c19-15-3-1-14(2-4-15)17-21-16(12-23-17)11-22-10-7-18(13-22)5-8-20-9-6-18;;/h1-4,12,20H,5-11,13H2;2*1H. The molecule has 7 heteroatoms. The number of halogens is 3. The maximum atomic E-state index is 5.96. The monoisotopic (exact) mass is 419 g/mol. The van der Waals surface area contributed by atoms with Crippen LogP contribution in [0.4, 0.5) is 0 Å². The number of nitrogens with one attached hydrogen (secondary N) is 1. The van der Waals surface area contributed by atoms with E-state index in [9.17, 15) is 0 Å². The predicted molar refractivity (Wildman–Crippen MR) is 111 cm³/mol. The van der Waals surface area contributed by atoms with Crippen molar-refractivity contribution < 1.29 is 0 Å². The maximum Gasteiger partial charge on any atom is 0.123 e. The van der Waals surface area contributed by atoms with E-state index in [0.717, 1.165) is 22.1 Å². The van der Waals surface area contributed by atoms with Crippen LogP contribution in [-0.4, -0.2) is 36.1 Å². The third kappa shape index (κ3) is 4.88. The van der Waals surface area contributed by atoms with Crippen LogP contribution in [0.2, 0.25) is 5.02 Å². The van der Waals surface area contributed by atoms with E-state index in [1.165, 1.54) is 51.1 Å². The number of thiazole rings is 1. The van der Waals surface area contributed by atoms with Crippen molar-refractivity contribution in [3.8, 4) is 10.6 Å². The highest BCUT2D eigenvalue weighted by atomic mass is 35.5. The van der Waals surface area contributed by atoms with Crippen molar-refractivity contribution in [1.29, 1.82) is 0 Å². The highest BCUT2D eigenvalue weighted by Gasteiger charge is 2.38. The molecule has 138 valence electrons. The van der Waals surface area contributed by atoms with Crippen molar-refractivity contribution in [2.45, 2.75) is 25.8 Å². The van der Waals surface area contributed by atoms with Gasteiger partial charge in [-0.25, -0.2) is 4.98 Å². The molecule has 1 N–H and O–H groups in total. The largest absolute Gasteiger partial charge is 0.317 e. The van der Waals surface area contributed by atoms with E-state index < -0.39 is 0 Å². The van der Waals surface area contributed by atoms with Gasteiger partial charge in [0.25, 0.3) is 0 Å². The zero-order valence-electron chi connectivity index (χ0n) is 14.0. The van der Waals surface area contributed by atoms with Gasteiger partial charge in [-0.05, 0) is 56.4 Å². The molecule has 0 unspecified atom stereocenters. The van der Waals surface area contributed by atoms with Crippen LogP contribution >= 0.6 is 47.8 Å². The van der Waals surface area contributed by atoms with Gasteiger partial charge in [-0.2, -0.15) is 0 Å². The molecular formula is C18H24Cl3N3S. The highest BCUT2D eigenvalue weighted by molar-refractivity contribution is 7.13. The van der Waals surface area contributed by atoms with Crippen molar-refractivity contribution in [1.82, 2.24) is 15.2 Å². The summed E-state index contributed by atoms with van der Waals surface area (Å²) in [5.41, 5.74) is 2.92. The fraction of sp³-hybridized carbons (Fsp3) is 0.500. The van der Waals surface area contributed by atoms with Gasteiger partial charge in [-0.1, -0.05) is 23.7 Å². The molecule has 2 saturated heterocycles. The molecule has 3 heterocycles. The van der Waals surface area contributed by atoms with Gasteiger partial charge in [0, 0.05) is 29.1 Å². The summed E-state index contributed by atoms with van der Waals surface area (Å²) in [4.78, 5) is 7.42. The second kappa shape index (κ2) is 9.03. The second-order valence-corrected chi connectivity index (χ2v) is 8.16. The molecule has 0 bridgehead atoms. The lowest BCUT2D eigenvalue weighted by Crippen LogP contribution is -2.38. The Kier molecular flexibility index (Phi) is 7.56. The topological polar surface area (TPSA) is 28.2 Å². The van der Waals surface area contributed by atoms with Gasteiger partial charge in [-0.15, -0.1) is 36.2 Å². The first-order valence-electron chi connectivity index (χ1n) is 8.36. The molecule has 2 aromatic rings. The Bertz CT molecular complexity index is 668. The predicted octanol–water partition coefficient (Wildman–Crippen LogP) is 4.88. The molecule has 4 rings (SSSR count). The Morgan fingerprint density at radius 3 is 2.56 bits per heavy atom. The minimum Gasteiger partial charge on any atom is -0.317 e. The van der Waals surface area contributed by atoms with E-state index in [-0.39, 0.29) is 24.8 Å². The maximum absolute atomic E-state index is 5.96. The van der Waals surface area contributed by atoms with Crippen LogP contribution in [-0.2, 0) is 6.54 Å². The quantitative estimate of drug-likeness (QED) is 0.767. The molecule has 1 aromatic carbocycles. The molecule has 25 heavy (non-hydrogen) atoms. The van der Waals surface area contributed by atoms with Crippen molar-refractivity contribution in [3.63, 3.8) is 0 Å². The molecule has 0 aliphatic carbocycles. The molecule has 1 spiro atoms. The third-order valence-electron chi connectivity index (χ3n) is 5.21. The van der Waals surface area contributed by atoms with Crippen molar-refractivity contribution >= 4 is 47.8 Å². The van der Waals surface area contributed by atoms with Gasteiger partial charge in [0.1, 0.15) is 5.01 Å². The summed E-state index contributed by atoms with van der Waals surface area (Å²) in [5.74, 6) is 0. The van der Waals surface area contributed by atoms with Gasteiger partial charge in [-0.3, -0.25) is 4.90 Å². The van der Waals surface area contributed by atoms with Crippen LogP contribution in [0.3, 0.4) is 0 Å². The summed E-state index contributed by atoms with van der Waals surface area (Å²) in [6.07, 6.45) is 4.01. The minimum absolute atomic E-state index is 0. The molecule has 0 radical (unpaired) electrons. The first-order valence-corrected chi connectivity index (χ1v) is 9.62. The molecular weight excluding hydrogens is 397 g/mol. The van der Waals surface area contributed by atoms with Gasteiger partial charge >= 0.3 is 0 Å². The molecule has 0 saturated carbocycles. The number of piperidine rings is 1. The molecule has 0 amide bonds. The van der Waals surface area contributed by atoms with Crippen molar-refractivity contribution in [2.24, 2.45) is 5.41 Å². The van der Waals surface area contributed by atoms with Crippen molar-refractivity contribution in [2.75, 3.05) is 26.2 Å². The van der Waals surface area contributed by atoms with Crippen LogP contribution in [0.25, 0.3) is 10.6 Å². The number of hydrogen-bond donors (Lipinski definition) is 1. The summed E-state index contributed by atoms with van der Waals surface area (Å²) in [6.45, 7) is 5.81. The lowest BCUT2D eigenvalue weighted by atomic mass is 9.78. The molecule has 3 nitrogen and oxygen atoms in total. The molecule has 0 atom stereocenters. The Labute approximate surface area is 171 Å². The number of rotatable bonds is 3. The van der Waals surface area contributed by atoms with Crippen LogP contribution in [0.15, 0.2) is 29.6 Å². The summed E-state index contributed by atoms with van der Waals surface area (Å²) in [5, 5.41) is 7.56. The summed E-state index contributed by atoms with van der Waals surface area (Å²) >= 11 is 7.69. The SMILES string of the molecule is Cl.Cl.Clc1ccc(-c2nc(CN3CCC4(CCNCC4)C3)cs2)cc1. The van der Waals surface area contributed by atoms with E-state index in [2.05, 4.69) is 15.6 Å². The summed E-state index contributed by atoms with van der Waals surface area (Å²) < 4.78 is 0. The molecule has 1 aromatic heterocycles. The normalized spacial score (nSPS) is 19.4. The fourth-order valence-electron chi connectivity index (χ4n) is 3.86. The summed E-state index contributed by atoms with van der Waals surface area (Å²) in [7, 11) is 0. The number of hydrogen-bond acceptors (Lipinski definition) is 4. The number of nitrogens with zero attached hydrogens (tertiary/aromatic N) is 2. The molecule has 2 fully saturated rings. The van der Waals surface area contributed by atoms with Crippen LogP contribution in [0.5, 0.6) is 0 Å². The third-order valence-corrected chi connectivity index (χ3v) is 6.40. The molecule has 2 aliphatic rings. The summed E-state index contributed by atoms with van der Waals surface area (Å²) in [6, 6.07) is 7.95. The lowest BCUT2D eigenvalue weighted by molar-refractivity contribution is 0.193. The first kappa shape index (κ1) is 20.9. The second-order valence-electron chi connectivity index (χ2n) is 6.86. The van der Waals surface area contributed by atoms with Gasteiger partial charge in [0.05, 0.1) is 5.69 Å². The van der Waals surface area contributed by atoms with Crippen LogP contribution in [0.1, 0.15) is 25.0 Å². The molecule has 2 aliphatic heterocycles. The zero-order chi connectivity index (χ0) is 15.7. The van der Waals surface area contributed by atoms with Crippen LogP contribution < -0.4 is 5.32 Å². The first-order chi connectivity index (χ1) is 11.2. The van der Waals surface area contributed by atoms with Crippen molar-refractivity contribution in [3.05, 3.63) is 40.4 Å². The van der Waals surface area contributed by atoms with E-state index in [0.29, 0.717) is 5.41 Å². The average Bonchev–Trinajstić information content (AvgIpc) is 3.17. The zero-order valence-corrected chi connectivity index (χ0v) is 17.2. The Hall–Kier alpha value is -0.360. The van der Waals surface area contributed by atoms with Gasteiger partial charge in [0.2, 0.25) is 0 Å². The Morgan fingerprint density at radius 2 is 1.84 bits per heavy atom. The fourth-order valence-corrected chi connectivity index (χ4v) is 4.80. The minimum atomic E-state index is 0. The van der Waals surface area contributed by atoms with E-state index in [1.807, 2.05) is 24.3 Å². The number of benzene rings is 1. The Balaban J connectivity index is 0.00000113. The number of aromatic nitrogens is 1. The highest BCUT2D eigenvalue weighted by Crippen LogP contribution is 2.39.